The largest absolute Gasteiger partial charge is 0.392 e. The van der Waals surface area contributed by atoms with Crippen LogP contribution in [0.2, 0.25) is 0 Å². The molecule has 0 aliphatic heterocycles. The quantitative estimate of drug-likeness (QED) is 0.614. The van der Waals surface area contributed by atoms with Crippen molar-refractivity contribution < 1.29 is 5.11 Å². The Labute approximate surface area is 158 Å². The molecule has 2 unspecified atom stereocenters. The number of rotatable bonds is 2. The zero-order valence-corrected chi connectivity index (χ0v) is 16.3. The zero-order chi connectivity index (χ0) is 17.7. The summed E-state index contributed by atoms with van der Waals surface area (Å²) in [5.41, 5.74) is 7.07. The highest BCUT2D eigenvalue weighted by Gasteiger charge is 2.49. The van der Waals surface area contributed by atoms with Gasteiger partial charge in [-0.2, -0.15) is 0 Å². The minimum absolute atomic E-state index is 0.158. The third kappa shape index (κ3) is 2.70. The van der Waals surface area contributed by atoms with E-state index >= 15 is 0 Å². The second-order valence-electron chi connectivity index (χ2n) is 9.95. The molecule has 5 rings (SSSR count). The Morgan fingerprint density at radius 2 is 1.77 bits per heavy atom. The Balaban J connectivity index is 1.36. The van der Waals surface area contributed by atoms with Gasteiger partial charge in [-0.1, -0.05) is 48.8 Å². The van der Waals surface area contributed by atoms with E-state index < -0.39 is 0 Å². The van der Waals surface area contributed by atoms with Gasteiger partial charge in [0.05, 0.1) is 6.61 Å². The Kier molecular flexibility index (Phi) is 4.27. The molecule has 5 atom stereocenters. The molecule has 26 heavy (non-hydrogen) atoms. The van der Waals surface area contributed by atoms with Crippen molar-refractivity contribution in [2.24, 2.45) is 23.2 Å². The van der Waals surface area contributed by atoms with E-state index in [0.717, 1.165) is 29.2 Å². The maximum absolute atomic E-state index is 9.28. The van der Waals surface area contributed by atoms with E-state index in [1.54, 1.807) is 0 Å². The molecule has 0 radical (unpaired) electrons. The van der Waals surface area contributed by atoms with Gasteiger partial charge >= 0.3 is 0 Å². The van der Waals surface area contributed by atoms with Gasteiger partial charge in [-0.15, -0.1) is 0 Å². The maximum Gasteiger partial charge on any atom is 0.0681 e. The van der Waals surface area contributed by atoms with Gasteiger partial charge in [0.25, 0.3) is 0 Å². The van der Waals surface area contributed by atoms with E-state index in [0.29, 0.717) is 5.41 Å². The van der Waals surface area contributed by atoms with Crippen molar-refractivity contribution in [3.63, 3.8) is 0 Å². The highest BCUT2D eigenvalue weighted by atomic mass is 16.3. The second kappa shape index (κ2) is 6.51. The molecule has 3 saturated carbocycles. The van der Waals surface area contributed by atoms with Gasteiger partial charge in [-0.25, -0.2) is 0 Å². The van der Waals surface area contributed by atoms with E-state index in [2.05, 4.69) is 31.2 Å². The first-order valence-corrected chi connectivity index (χ1v) is 11.1. The van der Waals surface area contributed by atoms with Crippen LogP contribution in [0.25, 0.3) is 0 Å². The van der Waals surface area contributed by atoms with E-state index in [1.807, 2.05) is 11.1 Å². The number of aliphatic hydroxyl groups is 1. The van der Waals surface area contributed by atoms with Crippen LogP contribution in [0, 0.1) is 23.2 Å². The monoisotopic (exact) mass is 350 g/mol. The van der Waals surface area contributed by atoms with E-state index in [4.69, 9.17) is 0 Å². The molecule has 140 valence electrons. The van der Waals surface area contributed by atoms with Crippen LogP contribution >= 0.6 is 0 Å². The molecule has 1 heteroatoms. The van der Waals surface area contributed by atoms with E-state index in [-0.39, 0.29) is 6.61 Å². The van der Waals surface area contributed by atoms with E-state index in [9.17, 15) is 5.11 Å². The minimum Gasteiger partial charge on any atom is -0.392 e. The molecule has 1 aromatic carbocycles. The molecule has 4 aliphatic carbocycles. The van der Waals surface area contributed by atoms with E-state index in [1.165, 1.54) is 69.8 Å². The van der Waals surface area contributed by atoms with Crippen LogP contribution in [-0.4, -0.2) is 5.11 Å². The van der Waals surface area contributed by atoms with Crippen molar-refractivity contribution in [1.82, 2.24) is 0 Å². The Bertz CT molecular complexity index is 699. The summed E-state index contributed by atoms with van der Waals surface area (Å²) >= 11 is 0. The maximum atomic E-state index is 9.28. The SMILES string of the molecule is C[C@@]12CCC[C@H]1[C@@H]1CCC3CC(c4ccc(CO)cc4)CCC3=C1CC2. The number of hydrogen-bond donors (Lipinski definition) is 1. The normalized spacial score (nSPS) is 39.3. The number of allylic oxidation sites excluding steroid dienone is 2. The lowest BCUT2D eigenvalue weighted by Crippen LogP contribution is -2.38. The van der Waals surface area contributed by atoms with Gasteiger partial charge in [-0.05, 0) is 98.0 Å². The second-order valence-corrected chi connectivity index (χ2v) is 9.95. The first-order valence-electron chi connectivity index (χ1n) is 11.1. The van der Waals surface area contributed by atoms with Crippen LogP contribution < -0.4 is 0 Å². The number of hydrogen-bond acceptors (Lipinski definition) is 1. The molecular formula is C25H34O. The first-order chi connectivity index (χ1) is 12.7. The van der Waals surface area contributed by atoms with Crippen LogP contribution in [0.4, 0.5) is 0 Å². The predicted octanol–water partition coefficient (Wildman–Crippen LogP) is 6.37. The van der Waals surface area contributed by atoms with Crippen LogP contribution in [0.15, 0.2) is 35.4 Å². The summed E-state index contributed by atoms with van der Waals surface area (Å²) in [6, 6.07) is 8.76. The standard InChI is InChI=1S/C25H34O/c1-25-13-2-3-24(25)23-11-9-20-15-19(8-10-21(20)22(23)12-14-25)18-6-4-17(16-26)5-7-18/h4-7,19-20,23-24,26H,2-3,8-16H2,1H3/t19?,20?,23-,24+,25+/m1/s1. The zero-order valence-electron chi connectivity index (χ0n) is 16.3. The molecular weight excluding hydrogens is 316 g/mol. The highest BCUT2D eigenvalue weighted by Crippen LogP contribution is 2.61. The average Bonchev–Trinajstić information content (AvgIpc) is 3.09. The number of aliphatic hydroxyl groups excluding tert-OH is 1. The summed E-state index contributed by atoms with van der Waals surface area (Å²) in [6.45, 7) is 2.76. The minimum atomic E-state index is 0.158. The summed E-state index contributed by atoms with van der Waals surface area (Å²) < 4.78 is 0. The Hall–Kier alpha value is -1.08. The highest BCUT2D eigenvalue weighted by molar-refractivity contribution is 5.32. The van der Waals surface area contributed by atoms with Crippen molar-refractivity contribution in [3.05, 3.63) is 46.5 Å². The lowest BCUT2D eigenvalue weighted by Gasteiger charge is -2.49. The van der Waals surface area contributed by atoms with Crippen molar-refractivity contribution >= 4 is 0 Å². The molecule has 0 amide bonds. The van der Waals surface area contributed by atoms with Gasteiger partial charge in [0.15, 0.2) is 0 Å². The molecule has 0 bridgehead atoms. The molecule has 3 fully saturated rings. The average molecular weight is 351 g/mol. The first kappa shape index (κ1) is 17.0. The van der Waals surface area contributed by atoms with Gasteiger partial charge in [-0.3, -0.25) is 0 Å². The lowest BCUT2D eigenvalue weighted by atomic mass is 9.56. The van der Waals surface area contributed by atoms with Crippen molar-refractivity contribution in [1.29, 1.82) is 0 Å². The summed E-state index contributed by atoms with van der Waals surface area (Å²) in [6.07, 6.45) is 14.3. The summed E-state index contributed by atoms with van der Waals surface area (Å²) in [5.74, 6) is 3.54. The molecule has 1 aromatic rings. The van der Waals surface area contributed by atoms with Crippen LogP contribution in [0.1, 0.15) is 88.2 Å². The van der Waals surface area contributed by atoms with Crippen molar-refractivity contribution in [3.8, 4) is 0 Å². The summed E-state index contributed by atoms with van der Waals surface area (Å²) in [7, 11) is 0. The fraction of sp³-hybridized carbons (Fsp3) is 0.680. The van der Waals surface area contributed by atoms with Gasteiger partial charge in [0.1, 0.15) is 0 Å². The third-order valence-electron chi connectivity index (χ3n) is 8.75. The topological polar surface area (TPSA) is 20.2 Å². The van der Waals surface area contributed by atoms with Gasteiger partial charge in [0, 0.05) is 0 Å². The third-order valence-corrected chi connectivity index (χ3v) is 8.75. The van der Waals surface area contributed by atoms with Gasteiger partial charge in [0.2, 0.25) is 0 Å². The number of fused-ring (bicyclic) bond motifs is 4. The molecule has 0 saturated heterocycles. The van der Waals surface area contributed by atoms with Crippen molar-refractivity contribution in [2.75, 3.05) is 0 Å². The van der Waals surface area contributed by atoms with Gasteiger partial charge < -0.3 is 5.11 Å². The molecule has 0 spiro atoms. The van der Waals surface area contributed by atoms with Crippen molar-refractivity contribution in [2.45, 2.75) is 83.7 Å². The summed E-state index contributed by atoms with van der Waals surface area (Å²) in [4.78, 5) is 0. The predicted molar refractivity (Wildman–Crippen MR) is 107 cm³/mol. The van der Waals surface area contributed by atoms with Crippen LogP contribution in [0.5, 0.6) is 0 Å². The molecule has 0 heterocycles. The fourth-order valence-corrected chi connectivity index (χ4v) is 7.31. The lowest BCUT2D eigenvalue weighted by molar-refractivity contribution is 0.106. The molecule has 1 N–H and O–H groups in total. The fourth-order valence-electron chi connectivity index (χ4n) is 7.31. The molecule has 4 aliphatic rings. The Morgan fingerprint density at radius 3 is 2.58 bits per heavy atom. The summed E-state index contributed by atoms with van der Waals surface area (Å²) in [5, 5.41) is 9.28. The Morgan fingerprint density at radius 1 is 0.923 bits per heavy atom. The number of benzene rings is 1. The van der Waals surface area contributed by atoms with Crippen LogP contribution in [0.3, 0.4) is 0 Å². The molecule has 0 aromatic heterocycles. The molecule has 1 nitrogen and oxygen atoms in total. The smallest absolute Gasteiger partial charge is 0.0681 e. The van der Waals surface area contributed by atoms with Crippen LogP contribution in [-0.2, 0) is 6.61 Å².